The first kappa shape index (κ1) is 16.1. The van der Waals surface area contributed by atoms with E-state index in [0.29, 0.717) is 5.56 Å². The molecule has 0 fully saturated rings. The van der Waals surface area contributed by atoms with E-state index in [9.17, 15) is 15.0 Å². The highest BCUT2D eigenvalue weighted by Crippen LogP contribution is 2.28. The van der Waals surface area contributed by atoms with Crippen LogP contribution in [0.25, 0.3) is 0 Å². The minimum absolute atomic E-state index is 0.00907. The van der Waals surface area contributed by atoms with Crippen LogP contribution in [0.1, 0.15) is 32.4 Å². The molecule has 6 heteroatoms. The minimum atomic E-state index is -0.639. The highest BCUT2D eigenvalue weighted by molar-refractivity contribution is 5.68. The molecule has 0 unspecified atom stereocenters. The zero-order valence-corrected chi connectivity index (χ0v) is 12.1. The second-order valence-corrected chi connectivity index (χ2v) is 5.31. The second kappa shape index (κ2) is 6.47. The van der Waals surface area contributed by atoms with E-state index in [0.717, 1.165) is 0 Å². The minimum Gasteiger partial charge on any atom is -0.504 e. The molecule has 3 N–H and O–H groups in total. The summed E-state index contributed by atoms with van der Waals surface area (Å²) in [5.41, 5.74) is -0.00971. The fourth-order valence-corrected chi connectivity index (χ4v) is 1.60. The first-order chi connectivity index (χ1) is 9.26. The van der Waals surface area contributed by atoms with Gasteiger partial charge < -0.3 is 25.0 Å². The number of aromatic hydroxyl groups is 1. The fraction of sp³-hybridized carbons (Fsp3) is 0.500. The van der Waals surface area contributed by atoms with Crippen molar-refractivity contribution in [2.75, 3.05) is 13.7 Å². The number of benzene rings is 1. The Bertz CT molecular complexity index is 467. The van der Waals surface area contributed by atoms with E-state index in [2.05, 4.69) is 5.32 Å². The van der Waals surface area contributed by atoms with Gasteiger partial charge in [-0.1, -0.05) is 6.07 Å². The van der Waals surface area contributed by atoms with Gasteiger partial charge >= 0.3 is 6.09 Å². The maximum absolute atomic E-state index is 11.7. The summed E-state index contributed by atoms with van der Waals surface area (Å²) < 4.78 is 10.1. The maximum Gasteiger partial charge on any atom is 0.408 e. The zero-order chi connectivity index (χ0) is 15.3. The second-order valence-electron chi connectivity index (χ2n) is 5.31. The van der Waals surface area contributed by atoms with Crippen molar-refractivity contribution in [2.24, 2.45) is 0 Å². The first-order valence-corrected chi connectivity index (χ1v) is 6.24. The number of carbonyl (C=O) groups excluding carboxylic acids is 1. The Morgan fingerprint density at radius 1 is 1.40 bits per heavy atom. The molecule has 1 aromatic rings. The molecule has 0 spiro atoms. The molecule has 0 aliphatic heterocycles. The van der Waals surface area contributed by atoms with E-state index < -0.39 is 17.7 Å². The molecule has 1 rings (SSSR count). The van der Waals surface area contributed by atoms with Gasteiger partial charge in [0, 0.05) is 0 Å². The van der Waals surface area contributed by atoms with Gasteiger partial charge in [0.1, 0.15) is 5.60 Å². The molecule has 1 atom stereocenters. The number of hydrogen-bond donors (Lipinski definition) is 3. The van der Waals surface area contributed by atoms with Crippen LogP contribution in [0.4, 0.5) is 4.79 Å². The standard InChI is InChI=1S/C14H21NO5/c1-14(2,3)20-13(18)15-10(8-16)9-5-6-11(17)12(7-9)19-4/h5-7,10,16-17H,8H2,1-4H3,(H,15,18)/t10-/m0/s1. The average Bonchev–Trinajstić information content (AvgIpc) is 2.34. The van der Waals surface area contributed by atoms with Crippen LogP contribution in [-0.2, 0) is 4.74 Å². The van der Waals surface area contributed by atoms with Crippen LogP contribution in [0, 0.1) is 0 Å². The molecular weight excluding hydrogens is 262 g/mol. The van der Waals surface area contributed by atoms with Gasteiger partial charge in [0.15, 0.2) is 11.5 Å². The van der Waals surface area contributed by atoms with Gasteiger partial charge in [0.25, 0.3) is 0 Å². The number of rotatable bonds is 4. The molecule has 0 aromatic heterocycles. The summed E-state index contributed by atoms with van der Waals surface area (Å²) in [6.45, 7) is 4.96. The van der Waals surface area contributed by atoms with Crippen LogP contribution in [0.3, 0.4) is 0 Å². The largest absolute Gasteiger partial charge is 0.504 e. The predicted octanol–water partition coefficient (Wildman–Crippen LogP) is 1.96. The van der Waals surface area contributed by atoms with Crippen molar-refractivity contribution >= 4 is 6.09 Å². The van der Waals surface area contributed by atoms with Gasteiger partial charge in [-0.25, -0.2) is 4.79 Å². The molecule has 112 valence electrons. The number of alkyl carbamates (subject to hydrolysis) is 1. The molecule has 1 aromatic carbocycles. The number of aliphatic hydroxyl groups excluding tert-OH is 1. The summed E-state index contributed by atoms with van der Waals surface area (Å²) in [6.07, 6.45) is -0.622. The molecule has 6 nitrogen and oxygen atoms in total. The van der Waals surface area contributed by atoms with E-state index in [1.54, 1.807) is 32.9 Å². The van der Waals surface area contributed by atoms with Crippen molar-refractivity contribution < 1.29 is 24.5 Å². The Balaban J connectivity index is 2.83. The monoisotopic (exact) mass is 283 g/mol. The van der Waals surface area contributed by atoms with Crippen molar-refractivity contribution in [3.63, 3.8) is 0 Å². The number of methoxy groups -OCH3 is 1. The molecule has 1 amide bonds. The van der Waals surface area contributed by atoms with Crippen molar-refractivity contribution in [2.45, 2.75) is 32.4 Å². The predicted molar refractivity (Wildman–Crippen MR) is 73.9 cm³/mol. The number of ether oxygens (including phenoxy) is 2. The van der Waals surface area contributed by atoms with Crippen LogP contribution in [0.15, 0.2) is 18.2 Å². The van der Waals surface area contributed by atoms with Gasteiger partial charge in [-0.15, -0.1) is 0 Å². The molecule has 20 heavy (non-hydrogen) atoms. The Morgan fingerprint density at radius 2 is 2.05 bits per heavy atom. The van der Waals surface area contributed by atoms with Crippen molar-refractivity contribution in [3.8, 4) is 11.5 Å². The maximum atomic E-state index is 11.7. The number of phenols is 1. The van der Waals surface area contributed by atoms with Crippen molar-refractivity contribution in [3.05, 3.63) is 23.8 Å². The van der Waals surface area contributed by atoms with Crippen LogP contribution < -0.4 is 10.1 Å². The lowest BCUT2D eigenvalue weighted by Gasteiger charge is -2.23. The summed E-state index contributed by atoms with van der Waals surface area (Å²) >= 11 is 0. The molecule has 0 aliphatic rings. The third-order valence-electron chi connectivity index (χ3n) is 2.48. The Labute approximate surface area is 118 Å². The smallest absolute Gasteiger partial charge is 0.408 e. The third kappa shape index (κ3) is 4.62. The summed E-state index contributed by atoms with van der Waals surface area (Å²) in [5.74, 6) is 0.261. The van der Waals surface area contributed by atoms with Crippen molar-refractivity contribution in [1.82, 2.24) is 5.32 Å². The number of nitrogens with one attached hydrogen (secondary N) is 1. The number of phenolic OH excluding ortho intramolecular Hbond substituents is 1. The quantitative estimate of drug-likeness (QED) is 0.786. The van der Waals surface area contributed by atoms with Gasteiger partial charge in [-0.3, -0.25) is 0 Å². The van der Waals surface area contributed by atoms with Crippen LogP contribution in [-0.4, -0.2) is 35.6 Å². The molecule has 0 radical (unpaired) electrons. The van der Waals surface area contributed by atoms with Crippen LogP contribution in [0.2, 0.25) is 0 Å². The highest BCUT2D eigenvalue weighted by atomic mass is 16.6. The van der Waals surface area contributed by atoms with Gasteiger partial charge in [0.2, 0.25) is 0 Å². The van der Waals surface area contributed by atoms with Crippen LogP contribution in [0.5, 0.6) is 11.5 Å². The number of aliphatic hydroxyl groups is 1. The lowest BCUT2D eigenvalue weighted by Crippen LogP contribution is -2.36. The average molecular weight is 283 g/mol. The zero-order valence-electron chi connectivity index (χ0n) is 12.1. The molecular formula is C14H21NO5. The fourth-order valence-electron chi connectivity index (χ4n) is 1.60. The highest BCUT2D eigenvalue weighted by Gasteiger charge is 2.20. The summed E-state index contributed by atoms with van der Waals surface area (Å²) in [7, 11) is 1.42. The van der Waals surface area contributed by atoms with E-state index in [4.69, 9.17) is 9.47 Å². The SMILES string of the molecule is COc1cc([C@H](CO)NC(=O)OC(C)(C)C)ccc1O. The van der Waals surface area contributed by atoms with Gasteiger partial charge in [0.05, 0.1) is 19.8 Å². The lowest BCUT2D eigenvalue weighted by molar-refractivity contribution is 0.0481. The molecule has 0 bridgehead atoms. The first-order valence-electron chi connectivity index (χ1n) is 6.24. The number of amides is 1. The van der Waals surface area contributed by atoms with E-state index in [-0.39, 0.29) is 18.1 Å². The van der Waals surface area contributed by atoms with Gasteiger partial charge in [-0.2, -0.15) is 0 Å². The summed E-state index contributed by atoms with van der Waals surface area (Å²) in [4.78, 5) is 11.7. The molecule has 0 saturated heterocycles. The van der Waals surface area contributed by atoms with E-state index in [1.807, 2.05) is 0 Å². The Morgan fingerprint density at radius 3 is 2.55 bits per heavy atom. The number of carbonyl (C=O) groups is 1. The number of hydrogen-bond acceptors (Lipinski definition) is 5. The van der Waals surface area contributed by atoms with Gasteiger partial charge in [-0.05, 0) is 38.5 Å². The Kier molecular flexibility index (Phi) is 5.21. The summed E-state index contributed by atoms with van der Waals surface area (Å²) in [5, 5.41) is 21.5. The molecule has 0 heterocycles. The molecule has 0 aliphatic carbocycles. The Hall–Kier alpha value is -1.95. The third-order valence-corrected chi connectivity index (χ3v) is 2.48. The van der Waals surface area contributed by atoms with Crippen LogP contribution >= 0.6 is 0 Å². The van der Waals surface area contributed by atoms with E-state index >= 15 is 0 Å². The van der Waals surface area contributed by atoms with E-state index in [1.165, 1.54) is 13.2 Å². The topological polar surface area (TPSA) is 88.0 Å². The molecule has 0 saturated carbocycles. The lowest BCUT2D eigenvalue weighted by atomic mass is 10.1. The summed E-state index contributed by atoms with van der Waals surface area (Å²) in [6, 6.07) is 3.94. The normalized spacial score (nSPS) is 12.7. The van der Waals surface area contributed by atoms with Crippen molar-refractivity contribution in [1.29, 1.82) is 0 Å².